The average molecular weight is 1220 g/mol. The Morgan fingerprint density at radius 1 is 0.365 bits per heavy atom. The van der Waals surface area contributed by atoms with Gasteiger partial charge in [0.15, 0.2) is 0 Å². The van der Waals surface area contributed by atoms with Gasteiger partial charge < -0.3 is 28.8 Å². The number of nitrogens with zero attached hydrogens (tertiary/aromatic N) is 1. The van der Waals surface area contributed by atoms with Gasteiger partial charge in [-0.3, -0.25) is 9.36 Å². The van der Waals surface area contributed by atoms with Crippen LogP contribution in [-0.4, -0.2) is 68.5 Å². The van der Waals surface area contributed by atoms with E-state index in [1.54, 1.807) is 0 Å². The van der Waals surface area contributed by atoms with E-state index in [0.29, 0.717) is 23.9 Å². The normalized spacial score (nSPS) is 13.4. The van der Waals surface area contributed by atoms with E-state index in [0.717, 1.165) is 38.5 Å². The molecule has 0 aromatic rings. The van der Waals surface area contributed by atoms with Crippen molar-refractivity contribution in [1.29, 1.82) is 0 Å². The van der Waals surface area contributed by atoms with Gasteiger partial charge in [-0.15, -0.1) is 0 Å². The summed E-state index contributed by atoms with van der Waals surface area (Å²) in [6.07, 6.45) is 86.5. The quantitative estimate of drug-likeness (QED) is 0.0357. The molecule has 0 fully saturated rings. The number of carbonyl (C=O) groups excluding carboxylic acids is 1. The third-order valence-corrected chi connectivity index (χ3v) is 19.6. The number of likely N-dealkylation sites (N-methyl/N-ethyl adjacent to an activating group) is 1. The molecule has 0 spiro atoms. The Kier molecular flexibility index (Phi) is 67.5. The molecule has 1 amide bonds. The molecule has 2 N–H and O–H groups in total. The molecule has 0 saturated heterocycles. The summed E-state index contributed by atoms with van der Waals surface area (Å²) >= 11 is 0. The van der Waals surface area contributed by atoms with Crippen LogP contribution in [-0.2, 0) is 18.4 Å². The van der Waals surface area contributed by atoms with E-state index in [2.05, 4.69) is 19.2 Å². The average Bonchev–Trinajstić information content (AvgIpc) is 3.48. The van der Waals surface area contributed by atoms with Gasteiger partial charge in [-0.05, 0) is 12.8 Å². The van der Waals surface area contributed by atoms with Crippen molar-refractivity contribution in [3.8, 4) is 0 Å². The topological polar surface area (TPSA) is 108 Å². The first-order valence-electron chi connectivity index (χ1n) is 38.9. The van der Waals surface area contributed by atoms with Crippen LogP contribution in [0.25, 0.3) is 0 Å². The second kappa shape index (κ2) is 67.9. The van der Waals surface area contributed by atoms with Gasteiger partial charge in [-0.1, -0.05) is 412 Å². The van der Waals surface area contributed by atoms with Crippen molar-refractivity contribution in [3.63, 3.8) is 0 Å². The lowest BCUT2D eigenvalue weighted by Gasteiger charge is -2.30. The zero-order valence-electron chi connectivity index (χ0n) is 58.6. The Morgan fingerprint density at radius 3 is 0.800 bits per heavy atom. The van der Waals surface area contributed by atoms with Crippen LogP contribution in [0.3, 0.4) is 0 Å². The number of phosphoric ester groups is 1. The lowest BCUT2D eigenvalue weighted by Crippen LogP contribution is -2.46. The number of hydrogen-bond acceptors (Lipinski definition) is 6. The molecule has 3 atom stereocenters. The molecule has 0 saturated carbocycles. The minimum Gasteiger partial charge on any atom is -0.756 e. The van der Waals surface area contributed by atoms with Gasteiger partial charge in [0.1, 0.15) is 13.2 Å². The third-order valence-electron chi connectivity index (χ3n) is 18.6. The number of carbonyl (C=O) groups is 1. The Morgan fingerprint density at radius 2 is 0.576 bits per heavy atom. The van der Waals surface area contributed by atoms with E-state index in [4.69, 9.17) is 9.05 Å². The van der Waals surface area contributed by atoms with Crippen LogP contribution in [0.1, 0.15) is 431 Å². The van der Waals surface area contributed by atoms with Crippen molar-refractivity contribution in [2.24, 2.45) is 0 Å². The number of rotatable bonds is 74. The van der Waals surface area contributed by atoms with Crippen molar-refractivity contribution in [2.45, 2.75) is 443 Å². The monoisotopic (exact) mass is 1220 g/mol. The fraction of sp³-hybridized carbons (Fsp3) is 0.987. The molecule has 9 heteroatoms. The highest BCUT2D eigenvalue weighted by atomic mass is 31.2. The summed E-state index contributed by atoms with van der Waals surface area (Å²) in [5.74, 6) is -0.152. The van der Waals surface area contributed by atoms with Crippen LogP contribution < -0.4 is 10.2 Å². The highest BCUT2D eigenvalue weighted by molar-refractivity contribution is 7.45. The van der Waals surface area contributed by atoms with Gasteiger partial charge in [0.05, 0.1) is 39.9 Å². The zero-order chi connectivity index (χ0) is 61.9. The standard InChI is InChI=1S/C76H155N2O6P/c1-6-8-10-12-14-16-18-20-22-24-26-28-30-32-34-36-37-38-39-40-41-42-44-46-48-50-52-54-56-58-60-62-64-66-68-70-76(80)77-74(73-84-85(81,82)83-72-71-78(3,4)5)75(79)69-67-65-63-61-59-57-55-53-51-49-47-45-43-35-33-31-29-27-25-23-21-19-17-15-13-11-9-7-2/h74-75,79H,6-73H2,1-5H3,(H-,77,80,81,82). The van der Waals surface area contributed by atoms with Crippen LogP contribution >= 0.6 is 7.82 Å². The molecule has 0 aliphatic heterocycles. The molecule has 0 aliphatic carbocycles. The Labute approximate surface area is 533 Å². The Balaban J connectivity index is 3.90. The zero-order valence-corrected chi connectivity index (χ0v) is 59.5. The van der Waals surface area contributed by atoms with Gasteiger partial charge in [-0.25, -0.2) is 0 Å². The summed E-state index contributed by atoms with van der Waals surface area (Å²) in [6, 6.07) is -0.797. The third kappa shape index (κ3) is 70.8. The molecule has 0 aliphatic rings. The fourth-order valence-electron chi connectivity index (χ4n) is 12.6. The number of quaternary nitrogens is 1. The van der Waals surface area contributed by atoms with E-state index in [9.17, 15) is 19.4 Å². The first kappa shape index (κ1) is 84.5. The van der Waals surface area contributed by atoms with Crippen LogP contribution in [0.2, 0.25) is 0 Å². The van der Waals surface area contributed by atoms with E-state index >= 15 is 0 Å². The summed E-state index contributed by atoms with van der Waals surface area (Å²) in [5, 5.41) is 14.1. The van der Waals surface area contributed by atoms with Gasteiger partial charge in [0, 0.05) is 6.42 Å². The number of unbranched alkanes of at least 4 members (excludes halogenated alkanes) is 61. The predicted molar refractivity (Wildman–Crippen MR) is 372 cm³/mol. The van der Waals surface area contributed by atoms with Gasteiger partial charge in [0.25, 0.3) is 7.82 Å². The van der Waals surface area contributed by atoms with E-state index in [1.165, 1.54) is 366 Å². The number of aliphatic hydroxyl groups is 1. The van der Waals surface area contributed by atoms with E-state index in [-0.39, 0.29) is 19.1 Å². The molecule has 0 heterocycles. The van der Waals surface area contributed by atoms with E-state index in [1.807, 2.05) is 21.1 Å². The van der Waals surface area contributed by atoms with Crippen LogP contribution in [0.15, 0.2) is 0 Å². The smallest absolute Gasteiger partial charge is 0.268 e. The number of phosphoric acid groups is 1. The number of amides is 1. The number of hydrogen-bond donors (Lipinski definition) is 2. The Bertz CT molecular complexity index is 1350. The van der Waals surface area contributed by atoms with Crippen molar-refractivity contribution in [1.82, 2.24) is 5.32 Å². The van der Waals surface area contributed by atoms with Crippen LogP contribution in [0.5, 0.6) is 0 Å². The molecule has 510 valence electrons. The maximum absolute atomic E-state index is 13.1. The first-order chi connectivity index (χ1) is 41.5. The molecule has 3 unspecified atom stereocenters. The van der Waals surface area contributed by atoms with Gasteiger partial charge in [-0.2, -0.15) is 0 Å². The van der Waals surface area contributed by atoms with Crippen LogP contribution in [0.4, 0.5) is 0 Å². The van der Waals surface area contributed by atoms with Crippen LogP contribution in [0, 0.1) is 0 Å². The lowest BCUT2D eigenvalue weighted by molar-refractivity contribution is -0.870. The SMILES string of the molecule is CCCCCCCCCCCCCCCCCCCCCCCCCCCCCCCCCCCCCC(=O)NC(COP(=O)([O-])OCC[N+](C)(C)C)C(O)CCCCCCCCCCCCCCCCCCCCCCCCCCCCCC. The van der Waals surface area contributed by atoms with Gasteiger partial charge >= 0.3 is 0 Å². The first-order valence-corrected chi connectivity index (χ1v) is 40.3. The summed E-state index contributed by atoms with van der Waals surface area (Å²) in [5.41, 5.74) is 0. The molecule has 0 rings (SSSR count). The van der Waals surface area contributed by atoms with Gasteiger partial charge in [0.2, 0.25) is 5.91 Å². The number of aliphatic hydroxyl groups excluding tert-OH is 1. The largest absolute Gasteiger partial charge is 0.756 e. The molecule has 0 aromatic heterocycles. The summed E-state index contributed by atoms with van der Waals surface area (Å²) in [6.45, 7) is 4.81. The molecule has 0 bridgehead atoms. The maximum Gasteiger partial charge on any atom is 0.268 e. The van der Waals surface area contributed by atoms with Crippen molar-refractivity contribution in [2.75, 3.05) is 40.9 Å². The summed E-state index contributed by atoms with van der Waals surface area (Å²) < 4.78 is 23.6. The second-order valence-electron chi connectivity index (χ2n) is 28.4. The highest BCUT2D eigenvalue weighted by Gasteiger charge is 2.24. The fourth-order valence-corrected chi connectivity index (χ4v) is 13.3. The molecular weight excluding hydrogens is 1070 g/mol. The minimum atomic E-state index is -4.58. The summed E-state index contributed by atoms with van der Waals surface area (Å²) in [7, 11) is 1.33. The Hall–Kier alpha value is -0.500. The minimum absolute atomic E-state index is 0.0171. The molecule has 85 heavy (non-hydrogen) atoms. The van der Waals surface area contributed by atoms with Crippen molar-refractivity contribution in [3.05, 3.63) is 0 Å². The maximum atomic E-state index is 13.1. The molecule has 8 nitrogen and oxygen atoms in total. The summed E-state index contributed by atoms with van der Waals surface area (Å²) in [4.78, 5) is 25.7. The molecule has 0 radical (unpaired) electrons. The van der Waals surface area contributed by atoms with E-state index < -0.39 is 20.0 Å². The molecular formula is C76H155N2O6P. The number of nitrogens with one attached hydrogen (secondary N) is 1. The predicted octanol–water partition coefficient (Wildman–Crippen LogP) is 24.4. The lowest BCUT2D eigenvalue weighted by atomic mass is 10.0. The molecule has 0 aromatic carbocycles. The second-order valence-corrected chi connectivity index (χ2v) is 29.8. The highest BCUT2D eigenvalue weighted by Crippen LogP contribution is 2.38. The van der Waals surface area contributed by atoms with Crippen molar-refractivity contribution < 1.29 is 32.9 Å². The van der Waals surface area contributed by atoms with Crippen molar-refractivity contribution >= 4 is 13.7 Å².